The lowest BCUT2D eigenvalue weighted by molar-refractivity contribution is -0.895. The molecule has 1 saturated heterocycles. The van der Waals surface area contributed by atoms with E-state index in [-0.39, 0.29) is 10.8 Å². The van der Waals surface area contributed by atoms with E-state index < -0.39 is 58.7 Å². The summed E-state index contributed by atoms with van der Waals surface area (Å²) >= 11 is 0.979. The van der Waals surface area contributed by atoms with Crippen LogP contribution in [0.5, 0.6) is 5.75 Å². The Kier molecular flexibility index (Phi) is 11.8. The highest BCUT2D eigenvalue weighted by atomic mass is 32.3. The number of amides is 2. The Morgan fingerprint density at radius 2 is 1.88 bits per heavy atom. The number of oxime groups is 1. The molecular formula is C30H41N8O10S2+. The van der Waals surface area contributed by atoms with Crippen molar-refractivity contribution in [1.29, 1.82) is 0 Å². The normalized spacial score (nSPS) is 16.0. The van der Waals surface area contributed by atoms with Gasteiger partial charge in [-0.3, -0.25) is 14.1 Å². The molecule has 0 radical (unpaired) electrons. The van der Waals surface area contributed by atoms with Gasteiger partial charge in [-0.25, -0.2) is 14.8 Å². The van der Waals surface area contributed by atoms with Gasteiger partial charge in [-0.15, -0.1) is 15.6 Å². The molecule has 1 aliphatic rings. The zero-order chi connectivity index (χ0) is 36.9. The number of anilines is 2. The number of carbonyl (C=O) groups excluding carboxylic acids is 2. The largest absolute Gasteiger partial charge is 0.489 e. The monoisotopic (exact) mass is 737 g/mol. The number of rotatable bonds is 15. The molecule has 6 N–H and O–H groups in total. The van der Waals surface area contributed by atoms with E-state index in [1.807, 2.05) is 12.1 Å². The van der Waals surface area contributed by atoms with Gasteiger partial charge < -0.3 is 35.5 Å². The molecule has 3 aromatic rings. The lowest BCUT2D eigenvalue weighted by Crippen LogP contribution is -2.54. The van der Waals surface area contributed by atoms with Gasteiger partial charge in [0.15, 0.2) is 10.8 Å². The van der Waals surface area contributed by atoms with Crippen LogP contribution in [0.3, 0.4) is 0 Å². The first-order chi connectivity index (χ1) is 23.3. The Bertz CT molecular complexity index is 1850. The number of hydrogen-bond donors (Lipinski definition) is 5. The summed E-state index contributed by atoms with van der Waals surface area (Å²) in [6, 6.07) is 9.25. The number of likely N-dealkylation sites (tertiary alicyclic amines) is 1. The number of carbonyl (C=O) groups is 3. The topological polar surface area (TPSA) is 245 Å². The maximum absolute atomic E-state index is 13.2. The van der Waals surface area contributed by atoms with E-state index in [0.29, 0.717) is 16.9 Å². The van der Waals surface area contributed by atoms with E-state index in [9.17, 15) is 27.9 Å². The fourth-order valence-electron chi connectivity index (χ4n) is 5.06. The third-order valence-corrected chi connectivity index (χ3v) is 8.80. The first-order valence-corrected chi connectivity index (χ1v) is 17.6. The summed E-state index contributed by atoms with van der Waals surface area (Å²) < 4.78 is 42.7. The van der Waals surface area contributed by atoms with Gasteiger partial charge in [-0.2, -0.15) is 13.5 Å². The number of carboxylic acid groups (broad SMARTS) is 1. The van der Waals surface area contributed by atoms with Crippen LogP contribution in [0, 0.1) is 0 Å². The summed E-state index contributed by atoms with van der Waals surface area (Å²) in [7, 11) is -0.613. The molecule has 3 heterocycles. The number of carboxylic acids is 1. The van der Waals surface area contributed by atoms with Gasteiger partial charge in [0, 0.05) is 43.1 Å². The summed E-state index contributed by atoms with van der Waals surface area (Å²) in [6.07, 6.45) is 0.433. The molecule has 18 nitrogen and oxygen atoms in total. The second-order valence-corrected chi connectivity index (χ2v) is 14.8. The Balaban J connectivity index is 1.43. The van der Waals surface area contributed by atoms with Gasteiger partial charge in [-0.1, -0.05) is 5.16 Å². The summed E-state index contributed by atoms with van der Waals surface area (Å²) in [6.45, 7) is 4.95. The van der Waals surface area contributed by atoms with Crippen LogP contribution < -0.4 is 21.1 Å². The molecule has 0 spiro atoms. The number of nitrogen functional groups attached to an aromatic ring is 1. The van der Waals surface area contributed by atoms with Crippen LogP contribution in [-0.2, 0) is 33.9 Å². The molecule has 1 unspecified atom stereocenters. The number of pyridine rings is 1. The molecular weight excluding hydrogens is 697 g/mol. The van der Waals surface area contributed by atoms with Crippen LogP contribution in [0.25, 0.3) is 10.9 Å². The average molecular weight is 738 g/mol. The number of benzene rings is 1. The van der Waals surface area contributed by atoms with Crippen molar-refractivity contribution in [2.75, 3.05) is 51.4 Å². The number of aliphatic carboxylic acids is 1. The van der Waals surface area contributed by atoms with Crippen molar-refractivity contribution < 1.29 is 50.8 Å². The summed E-state index contributed by atoms with van der Waals surface area (Å²) in [5.74, 6) is -2.14. The smallest absolute Gasteiger partial charge is 0.418 e. The van der Waals surface area contributed by atoms with Crippen molar-refractivity contribution in [1.82, 2.24) is 20.3 Å². The molecule has 272 valence electrons. The van der Waals surface area contributed by atoms with E-state index in [1.54, 1.807) is 18.2 Å². The Labute approximate surface area is 292 Å². The maximum atomic E-state index is 13.2. The highest BCUT2D eigenvalue weighted by molar-refractivity contribution is 7.80. The molecule has 1 aliphatic heterocycles. The highest BCUT2D eigenvalue weighted by Gasteiger charge is 2.35. The predicted molar refractivity (Wildman–Crippen MR) is 184 cm³/mol. The molecule has 0 bridgehead atoms. The lowest BCUT2D eigenvalue weighted by atomic mass is 10.0. The lowest BCUT2D eigenvalue weighted by Gasteiger charge is -2.37. The second-order valence-electron chi connectivity index (χ2n) is 12.9. The van der Waals surface area contributed by atoms with Gasteiger partial charge in [-0.05, 0) is 44.2 Å². The van der Waals surface area contributed by atoms with Gasteiger partial charge >= 0.3 is 16.4 Å². The molecule has 0 saturated carbocycles. The number of ether oxygens (including phenoxy) is 1. The van der Waals surface area contributed by atoms with E-state index >= 15 is 0 Å². The number of aromatic nitrogens is 2. The van der Waals surface area contributed by atoms with Crippen LogP contribution in [0.15, 0.2) is 40.9 Å². The SMILES string of the molecule is CC(=O)N(OS(=O)(=O)O)C(C)(C)CNC(=O)/C(=N\OC(COc1ccc2nc(NC3CC[N+](C)(C)CC3)ccc2c1)C(=O)O)c1csc(N)n1. The molecule has 4 rings (SSSR count). The number of quaternary nitrogens is 1. The van der Waals surface area contributed by atoms with Crippen molar-refractivity contribution >= 4 is 67.1 Å². The molecule has 2 amide bonds. The molecule has 50 heavy (non-hydrogen) atoms. The number of fused-ring (bicyclic) bond motifs is 1. The van der Waals surface area contributed by atoms with E-state index in [2.05, 4.69) is 39.2 Å². The molecule has 1 atom stereocenters. The summed E-state index contributed by atoms with van der Waals surface area (Å²) in [4.78, 5) is 51.3. The minimum Gasteiger partial charge on any atom is -0.489 e. The van der Waals surface area contributed by atoms with Crippen molar-refractivity contribution in [2.24, 2.45) is 5.16 Å². The fourth-order valence-corrected chi connectivity index (χ4v) is 6.10. The minimum atomic E-state index is -5.07. The number of thiazole rings is 1. The maximum Gasteiger partial charge on any atom is 0.418 e. The Morgan fingerprint density at radius 3 is 2.48 bits per heavy atom. The van der Waals surface area contributed by atoms with Crippen molar-refractivity contribution in [3.05, 3.63) is 41.4 Å². The molecule has 20 heteroatoms. The van der Waals surface area contributed by atoms with Crippen LogP contribution in [0.4, 0.5) is 10.9 Å². The first kappa shape index (κ1) is 38.2. The zero-order valence-corrected chi connectivity index (χ0v) is 29.8. The number of nitrogens with one attached hydrogen (secondary N) is 2. The van der Waals surface area contributed by atoms with E-state index in [0.717, 1.165) is 65.4 Å². The first-order valence-electron chi connectivity index (χ1n) is 15.4. The Hall–Kier alpha value is -4.63. The van der Waals surface area contributed by atoms with E-state index in [4.69, 9.17) is 24.8 Å². The third-order valence-electron chi connectivity index (χ3n) is 7.79. The highest BCUT2D eigenvalue weighted by Crippen LogP contribution is 2.24. The predicted octanol–water partition coefficient (Wildman–Crippen LogP) is 1.65. The van der Waals surface area contributed by atoms with Gasteiger partial charge in [0.05, 0.1) is 38.2 Å². The molecule has 2 aromatic heterocycles. The quantitative estimate of drug-likeness (QED) is 0.0645. The van der Waals surface area contributed by atoms with Crippen LogP contribution >= 0.6 is 11.3 Å². The van der Waals surface area contributed by atoms with Gasteiger partial charge in [0.25, 0.3) is 12.0 Å². The third kappa shape index (κ3) is 10.7. The van der Waals surface area contributed by atoms with Crippen molar-refractivity contribution in [3.63, 3.8) is 0 Å². The summed E-state index contributed by atoms with van der Waals surface area (Å²) in [5, 5.41) is 22.1. The fraction of sp³-hybridized carbons (Fsp3) is 0.467. The van der Waals surface area contributed by atoms with Crippen molar-refractivity contribution in [3.8, 4) is 5.75 Å². The van der Waals surface area contributed by atoms with Crippen LogP contribution in [-0.4, -0.2) is 119 Å². The van der Waals surface area contributed by atoms with Crippen LogP contribution in [0.2, 0.25) is 0 Å². The van der Waals surface area contributed by atoms with Gasteiger partial charge in [0.2, 0.25) is 5.91 Å². The Morgan fingerprint density at radius 1 is 1.18 bits per heavy atom. The number of piperidine rings is 1. The minimum absolute atomic E-state index is 0.0483. The average Bonchev–Trinajstić information content (AvgIpc) is 3.46. The number of nitrogens with two attached hydrogens (primary N) is 1. The van der Waals surface area contributed by atoms with Crippen molar-refractivity contribution in [2.45, 2.75) is 51.3 Å². The number of hydroxylamine groups is 2. The standard InChI is InChI=1S/C30H40N8O10S2/c1-18(39)37(48-50(43,44)45)30(2,3)17-32-27(40)26(23-16-49-29(31)35-23)36-47-24(28(41)42)15-46-21-7-8-22-19(14-21)6-9-25(34-22)33-20-10-12-38(4,5)13-11-20/h6-9,14,16,20,24H,10-13,15,17H2,1-5H3,(H5-,31,32,33,34,35,40,41,42,43,44,45)/p+1/b36-26-. The molecule has 0 aliphatic carbocycles. The zero-order valence-electron chi connectivity index (χ0n) is 28.2. The summed E-state index contributed by atoms with van der Waals surface area (Å²) in [5.41, 5.74) is 4.42. The van der Waals surface area contributed by atoms with Gasteiger partial charge in [0.1, 0.15) is 23.9 Å². The number of nitrogens with zero attached hydrogens (tertiary/aromatic N) is 5. The number of hydrogen-bond acceptors (Lipinski definition) is 14. The molecule has 1 fully saturated rings. The molecule has 1 aromatic carbocycles. The second kappa shape index (κ2) is 15.5. The van der Waals surface area contributed by atoms with E-state index in [1.165, 1.54) is 19.2 Å². The van der Waals surface area contributed by atoms with Crippen LogP contribution in [0.1, 0.15) is 39.3 Å².